The molecule has 0 radical (unpaired) electrons. The van der Waals surface area contributed by atoms with Crippen LogP contribution in [0.4, 0.5) is 5.69 Å². The van der Waals surface area contributed by atoms with Gasteiger partial charge in [0.25, 0.3) is 5.91 Å². The zero-order valence-electron chi connectivity index (χ0n) is 14.3. The molecule has 2 unspecified atom stereocenters. The van der Waals surface area contributed by atoms with Crippen molar-refractivity contribution in [3.63, 3.8) is 0 Å². The molecular formula is C18H15Cl4NO4. The molecule has 2 rings (SSSR count). The van der Waals surface area contributed by atoms with E-state index in [1.165, 1.54) is 26.0 Å². The second kappa shape index (κ2) is 9.51. The molecule has 0 saturated heterocycles. The van der Waals surface area contributed by atoms with E-state index in [4.69, 9.17) is 55.9 Å². The minimum absolute atomic E-state index is 0.195. The second-order valence-corrected chi connectivity index (χ2v) is 7.13. The van der Waals surface area contributed by atoms with Crippen LogP contribution in [-0.2, 0) is 14.3 Å². The summed E-state index contributed by atoms with van der Waals surface area (Å²) in [6.45, 7) is 2.90. The number of anilines is 1. The van der Waals surface area contributed by atoms with Gasteiger partial charge in [-0.3, -0.25) is 4.79 Å². The standard InChI is InChI=1S/C18H15Cl4NO4/c1-9(17(24)23-14-5-3-4-12(20)16(14)22)27-18(25)10(2)26-15-7-6-11(19)8-13(15)21/h3-10H,1-2H3,(H,23,24). The van der Waals surface area contributed by atoms with Crippen LogP contribution in [0.5, 0.6) is 5.75 Å². The van der Waals surface area contributed by atoms with Gasteiger partial charge in [0.2, 0.25) is 0 Å². The quantitative estimate of drug-likeness (QED) is 0.578. The minimum Gasteiger partial charge on any atom is -0.477 e. The molecule has 144 valence electrons. The van der Waals surface area contributed by atoms with Crippen LogP contribution in [0.15, 0.2) is 36.4 Å². The van der Waals surface area contributed by atoms with E-state index in [1.807, 2.05) is 0 Å². The van der Waals surface area contributed by atoms with Crippen LogP contribution in [0.1, 0.15) is 13.8 Å². The van der Waals surface area contributed by atoms with Crippen LogP contribution >= 0.6 is 46.4 Å². The summed E-state index contributed by atoms with van der Waals surface area (Å²) in [5, 5.41) is 3.73. The molecule has 2 aromatic rings. The normalized spacial score (nSPS) is 12.8. The largest absolute Gasteiger partial charge is 0.477 e. The van der Waals surface area contributed by atoms with Gasteiger partial charge in [0, 0.05) is 5.02 Å². The Morgan fingerprint density at radius 3 is 2.33 bits per heavy atom. The number of hydrogen-bond donors (Lipinski definition) is 1. The van der Waals surface area contributed by atoms with Crippen molar-refractivity contribution in [2.75, 3.05) is 5.32 Å². The van der Waals surface area contributed by atoms with E-state index in [0.29, 0.717) is 15.7 Å². The summed E-state index contributed by atoms with van der Waals surface area (Å²) < 4.78 is 10.6. The number of carbonyl (C=O) groups excluding carboxylic acids is 2. The Hall–Kier alpha value is -1.66. The second-order valence-electron chi connectivity index (χ2n) is 5.50. The fraction of sp³-hybridized carbons (Fsp3) is 0.222. The molecule has 0 saturated carbocycles. The highest BCUT2D eigenvalue weighted by Crippen LogP contribution is 2.30. The molecule has 2 atom stereocenters. The highest BCUT2D eigenvalue weighted by atomic mass is 35.5. The summed E-state index contributed by atoms with van der Waals surface area (Å²) in [6.07, 6.45) is -2.08. The van der Waals surface area contributed by atoms with Crippen molar-refractivity contribution in [2.45, 2.75) is 26.1 Å². The van der Waals surface area contributed by atoms with E-state index in [9.17, 15) is 9.59 Å². The Balaban J connectivity index is 1.95. The summed E-state index contributed by atoms with van der Waals surface area (Å²) in [6, 6.07) is 9.39. The lowest BCUT2D eigenvalue weighted by atomic mass is 10.3. The number of esters is 1. The van der Waals surface area contributed by atoms with Gasteiger partial charge in [0.05, 0.1) is 20.8 Å². The Morgan fingerprint density at radius 2 is 1.67 bits per heavy atom. The van der Waals surface area contributed by atoms with Crippen LogP contribution in [0.3, 0.4) is 0 Å². The van der Waals surface area contributed by atoms with E-state index in [2.05, 4.69) is 5.32 Å². The Bertz CT molecular complexity index is 859. The van der Waals surface area contributed by atoms with E-state index >= 15 is 0 Å². The molecular weight excluding hydrogens is 436 g/mol. The minimum atomic E-state index is -1.08. The van der Waals surface area contributed by atoms with Gasteiger partial charge in [-0.15, -0.1) is 0 Å². The van der Waals surface area contributed by atoms with Crippen molar-refractivity contribution >= 4 is 64.0 Å². The third kappa shape index (κ3) is 5.91. The predicted octanol–water partition coefficient (Wildman–Crippen LogP) is 5.64. The lowest BCUT2D eigenvalue weighted by Gasteiger charge is -2.18. The van der Waals surface area contributed by atoms with Crippen LogP contribution in [0.2, 0.25) is 20.1 Å². The number of amides is 1. The molecule has 1 N–H and O–H groups in total. The number of rotatable bonds is 6. The lowest BCUT2D eigenvalue weighted by molar-refractivity contribution is -0.159. The van der Waals surface area contributed by atoms with Crippen LogP contribution in [-0.4, -0.2) is 24.1 Å². The molecule has 0 heterocycles. The van der Waals surface area contributed by atoms with Crippen molar-refractivity contribution in [1.82, 2.24) is 0 Å². The van der Waals surface area contributed by atoms with Gasteiger partial charge in [-0.05, 0) is 44.2 Å². The van der Waals surface area contributed by atoms with Crippen LogP contribution in [0, 0.1) is 0 Å². The maximum Gasteiger partial charge on any atom is 0.347 e. The zero-order valence-corrected chi connectivity index (χ0v) is 17.3. The fourth-order valence-corrected chi connectivity index (χ4v) is 2.77. The maximum atomic E-state index is 12.2. The average Bonchev–Trinajstić information content (AvgIpc) is 2.61. The first-order valence-electron chi connectivity index (χ1n) is 7.76. The Labute approximate surface area is 176 Å². The van der Waals surface area contributed by atoms with Gasteiger partial charge >= 0.3 is 5.97 Å². The Kier molecular flexibility index (Phi) is 7.62. The molecule has 0 aromatic heterocycles. The Morgan fingerprint density at radius 1 is 0.963 bits per heavy atom. The first kappa shape index (κ1) is 21.6. The van der Waals surface area contributed by atoms with E-state index < -0.39 is 24.1 Å². The van der Waals surface area contributed by atoms with Crippen LogP contribution in [0.25, 0.3) is 0 Å². The summed E-state index contributed by atoms with van der Waals surface area (Å²) in [5.41, 5.74) is 0.314. The monoisotopic (exact) mass is 449 g/mol. The molecule has 5 nitrogen and oxygen atoms in total. The molecule has 0 aliphatic heterocycles. The molecule has 0 fully saturated rings. The third-order valence-electron chi connectivity index (χ3n) is 3.40. The van der Waals surface area contributed by atoms with Crippen molar-refractivity contribution in [3.05, 3.63) is 56.5 Å². The number of ether oxygens (including phenoxy) is 2. The smallest absolute Gasteiger partial charge is 0.347 e. The van der Waals surface area contributed by atoms with Crippen molar-refractivity contribution < 1.29 is 19.1 Å². The average molecular weight is 451 g/mol. The van der Waals surface area contributed by atoms with Gasteiger partial charge in [0.15, 0.2) is 12.2 Å². The van der Waals surface area contributed by atoms with Crippen molar-refractivity contribution in [2.24, 2.45) is 0 Å². The summed E-state index contributed by atoms with van der Waals surface area (Å²) in [7, 11) is 0. The maximum absolute atomic E-state index is 12.2. The van der Waals surface area contributed by atoms with Gasteiger partial charge in [-0.2, -0.15) is 0 Å². The van der Waals surface area contributed by atoms with Gasteiger partial charge in [-0.1, -0.05) is 52.5 Å². The lowest BCUT2D eigenvalue weighted by Crippen LogP contribution is -2.35. The first-order chi connectivity index (χ1) is 12.7. The highest BCUT2D eigenvalue weighted by molar-refractivity contribution is 6.44. The highest BCUT2D eigenvalue weighted by Gasteiger charge is 2.24. The molecule has 0 aliphatic carbocycles. The zero-order chi connectivity index (χ0) is 20.1. The molecule has 0 spiro atoms. The number of carbonyl (C=O) groups is 2. The van der Waals surface area contributed by atoms with E-state index in [1.54, 1.807) is 24.3 Å². The van der Waals surface area contributed by atoms with Gasteiger partial charge < -0.3 is 14.8 Å². The molecule has 27 heavy (non-hydrogen) atoms. The third-order valence-corrected chi connectivity index (χ3v) is 4.75. The molecule has 0 aliphatic rings. The van der Waals surface area contributed by atoms with Gasteiger partial charge in [-0.25, -0.2) is 4.79 Å². The summed E-state index contributed by atoms with van der Waals surface area (Å²) >= 11 is 23.7. The van der Waals surface area contributed by atoms with E-state index in [-0.39, 0.29) is 15.8 Å². The molecule has 0 bridgehead atoms. The number of halogens is 4. The topological polar surface area (TPSA) is 64.6 Å². The number of nitrogens with one attached hydrogen (secondary N) is 1. The molecule has 2 aromatic carbocycles. The van der Waals surface area contributed by atoms with Crippen LogP contribution < -0.4 is 10.1 Å². The first-order valence-corrected chi connectivity index (χ1v) is 9.27. The van der Waals surface area contributed by atoms with Crippen molar-refractivity contribution in [3.8, 4) is 5.75 Å². The number of hydrogen-bond acceptors (Lipinski definition) is 4. The molecule has 1 amide bonds. The SMILES string of the molecule is CC(OC(=O)C(C)Oc1ccc(Cl)cc1Cl)C(=O)Nc1cccc(Cl)c1Cl. The van der Waals surface area contributed by atoms with E-state index in [0.717, 1.165) is 0 Å². The van der Waals surface area contributed by atoms with Crippen molar-refractivity contribution in [1.29, 1.82) is 0 Å². The summed E-state index contributed by atoms with van der Waals surface area (Å²) in [4.78, 5) is 24.4. The summed E-state index contributed by atoms with van der Waals surface area (Å²) in [5.74, 6) is -1.03. The van der Waals surface area contributed by atoms with Gasteiger partial charge in [0.1, 0.15) is 5.75 Å². The number of benzene rings is 2. The molecule has 9 heteroatoms. The fourth-order valence-electron chi connectivity index (χ4n) is 1.97. The predicted molar refractivity (Wildman–Crippen MR) is 107 cm³/mol.